The first-order valence-corrected chi connectivity index (χ1v) is 17.9. The van der Waals surface area contributed by atoms with Crippen molar-refractivity contribution < 1.29 is 14.6 Å². The third kappa shape index (κ3) is 6.63. The van der Waals surface area contributed by atoms with Crippen LogP contribution in [-0.4, -0.2) is 71.8 Å². The van der Waals surface area contributed by atoms with E-state index in [2.05, 4.69) is 15.5 Å². The minimum absolute atomic E-state index is 0.0584. The Labute approximate surface area is 292 Å². The lowest BCUT2D eigenvalue weighted by molar-refractivity contribution is -0.128. The first-order valence-electron chi connectivity index (χ1n) is 15.6. The van der Waals surface area contributed by atoms with E-state index in [0.29, 0.717) is 57.0 Å². The van der Waals surface area contributed by atoms with Crippen LogP contribution < -0.4 is 20.3 Å². The normalized spacial score (nSPS) is 22.1. The van der Waals surface area contributed by atoms with E-state index in [9.17, 15) is 9.90 Å². The molecule has 13 heteroatoms. The van der Waals surface area contributed by atoms with Crippen LogP contribution in [0.5, 0.6) is 5.75 Å². The van der Waals surface area contributed by atoms with Gasteiger partial charge in [-0.1, -0.05) is 69.9 Å². The topological polar surface area (TPSA) is 90.0 Å². The molecule has 0 radical (unpaired) electrons. The van der Waals surface area contributed by atoms with Gasteiger partial charge in [-0.3, -0.25) is 4.79 Å². The number of aliphatic hydroxyl groups is 1. The summed E-state index contributed by atoms with van der Waals surface area (Å²) in [6.45, 7) is 5.72. The lowest BCUT2D eigenvalue weighted by atomic mass is 9.86. The number of piperazine rings is 1. The number of benzene rings is 2. The van der Waals surface area contributed by atoms with Crippen LogP contribution in [0.2, 0.25) is 20.1 Å². The van der Waals surface area contributed by atoms with Crippen molar-refractivity contribution in [1.82, 2.24) is 20.5 Å². The Bertz CT molecular complexity index is 1650. The quantitative estimate of drug-likeness (QED) is 0.217. The molecule has 8 nitrogen and oxygen atoms in total. The van der Waals surface area contributed by atoms with Gasteiger partial charge in [-0.25, -0.2) is 4.98 Å². The van der Waals surface area contributed by atoms with E-state index in [0.717, 1.165) is 65.6 Å². The van der Waals surface area contributed by atoms with E-state index in [1.807, 2.05) is 23.2 Å². The Morgan fingerprint density at radius 2 is 1.91 bits per heavy atom. The highest BCUT2D eigenvalue weighted by atomic mass is 35.5. The van der Waals surface area contributed by atoms with Crippen LogP contribution in [0.3, 0.4) is 0 Å². The van der Waals surface area contributed by atoms with Crippen molar-refractivity contribution in [2.24, 2.45) is 5.92 Å². The van der Waals surface area contributed by atoms with Crippen molar-refractivity contribution in [1.29, 1.82) is 0 Å². The number of rotatable bonds is 10. The summed E-state index contributed by atoms with van der Waals surface area (Å²) in [4.78, 5) is 24.5. The second-order valence-electron chi connectivity index (χ2n) is 12.6. The number of carbonyl (C=O) groups excluding carboxylic acids is 1. The number of nitrogens with zero attached hydrogens (tertiary/aromatic N) is 3. The molecule has 3 aliphatic heterocycles. The van der Waals surface area contributed by atoms with Crippen LogP contribution in [0.15, 0.2) is 42.1 Å². The fourth-order valence-electron chi connectivity index (χ4n) is 6.50. The third-order valence-electron chi connectivity index (χ3n) is 9.14. The molecule has 3 N–H and O–H groups in total. The molecule has 1 aliphatic carbocycles. The minimum Gasteiger partial charge on any atom is -0.490 e. The van der Waals surface area contributed by atoms with Gasteiger partial charge in [0.15, 0.2) is 10.9 Å². The molecule has 3 atom stereocenters. The average Bonchev–Trinajstić information content (AvgIpc) is 3.73. The van der Waals surface area contributed by atoms with Crippen molar-refractivity contribution in [2.45, 2.75) is 57.0 Å². The molecular weight excluding hydrogens is 688 g/mol. The molecule has 3 fully saturated rings. The minimum atomic E-state index is -0.663. The van der Waals surface area contributed by atoms with Crippen LogP contribution in [0.1, 0.15) is 48.3 Å². The number of hydrogen-bond donors (Lipinski definition) is 3. The summed E-state index contributed by atoms with van der Waals surface area (Å²) in [5.41, 5.74) is 3.43. The molecule has 4 aliphatic rings. The van der Waals surface area contributed by atoms with Gasteiger partial charge in [-0.15, -0.1) is 0 Å². The zero-order valence-electron chi connectivity index (χ0n) is 25.2. The van der Waals surface area contributed by atoms with Crippen molar-refractivity contribution in [3.63, 3.8) is 0 Å². The Hall–Kier alpha value is -2.08. The molecule has 7 rings (SSSR count). The molecule has 46 heavy (non-hydrogen) atoms. The number of aromatic nitrogens is 1. The maximum absolute atomic E-state index is 14.5. The lowest BCUT2D eigenvalue weighted by Crippen LogP contribution is -2.59. The molecule has 0 unspecified atom stereocenters. The van der Waals surface area contributed by atoms with E-state index in [4.69, 9.17) is 56.1 Å². The molecule has 1 amide bonds. The Morgan fingerprint density at radius 1 is 1.15 bits per heavy atom. The number of amides is 1. The van der Waals surface area contributed by atoms with E-state index in [1.165, 1.54) is 0 Å². The fourth-order valence-corrected chi connectivity index (χ4v) is 8.50. The zero-order chi connectivity index (χ0) is 32.1. The SMILES string of the molecule is C[C@H](O)c1cc(Cl)c(OCC2CN(c3ncc(C4=C(C(=O)N(Cc5cccc(Cl)c5Cl)C5CC5)[C@@H]5CNC[C@H](C4)N5)s3)C2)c(Cl)c1. The molecule has 244 valence electrons. The summed E-state index contributed by atoms with van der Waals surface area (Å²) < 4.78 is 6.01. The number of nitrogens with one attached hydrogen (secondary N) is 2. The Balaban J connectivity index is 1.07. The highest BCUT2D eigenvalue weighted by molar-refractivity contribution is 7.16. The summed E-state index contributed by atoms with van der Waals surface area (Å²) in [6, 6.07) is 9.35. The molecule has 0 spiro atoms. The summed E-state index contributed by atoms with van der Waals surface area (Å²) in [6.07, 6.45) is 4.00. The summed E-state index contributed by atoms with van der Waals surface area (Å²) in [7, 11) is 0. The maximum Gasteiger partial charge on any atom is 0.252 e. The second kappa shape index (κ2) is 13.4. The van der Waals surface area contributed by atoms with Crippen LogP contribution in [0, 0.1) is 5.92 Å². The van der Waals surface area contributed by atoms with Gasteiger partial charge in [0.1, 0.15) is 0 Å². The van der Waals surface area contributed by atoms with E-state index < -0.39 is 6.10 Å². The van der Waals surface area contributed by atoms with Crippen molar-refractivity contribution in [2.75, 3.05) is 37.7 Å². The van der Waals surface area contributed by atoms with Crippen molar-refractivity contribution in [3.05, 3.63) is 78.2 Å². The second-order valence-corrected chi connectivity index (χ2v) is 15.2. The number of halogens is 4. The number of aliphatic hydroxyl groups excluding tert-OH is 1. The molecule has 2 bridgehead atoms. The van der Waals surface area contributed by atoms with Gasteiger partial charge >= 0.3 is 0 Å². The number of hydrogen-bond acceptors (Lipinski definition) is 8. The van der Waals surface area contributed by atoms with Crippen LogP contribution in [0.25, 0.3) is 5.57 Å². The van der Waals surface area contributed by atoms with Gasteiger partial charge in [0.05, 0.1) is 43.7 Å². The molecule has 1 aromatic heterocycles. The lowest BCUT2D eigenvalue weighted by Gasteiger charge is -2.40. The van der Waals surface area contributed by atoms with Crippen molar-refractivity contribution >= 4 is 74.4 Å². The molecule has 1 saturated carbocycles. The molecule has 3 aromatic rings. The highest BCUT2D eigenvalue weighted by Crippen LogP contribution is 2.41. The smallest absolute Gasteiger partial charge is 0.252 e. The number of ether oxygens (including phenoxy) is 1. The van der Waals surface area contributed by atoms with Gasteiger partial charge < -0.3 is 30.3 Å². The van der Waals surface area contributed by atoms with Gasteiger partial charge in [0.2, 0.25) is 0 Å². The van der Waals surface area contributed by atoms with Crippen molar-refractivity contribution in [3.8, 4) is 5.75 Å². The van der Waals surface area contributed by atoms with E-state index >= 15 is 0 Å². The van der Waals surface area contributed by atoms with Crippen LogP contribution in [-0.2, 0) is 11.3 Å². The predicted octanol–water partition coefficient (Wildman–Crippen LogP) is 6.60. The summed E-state index contributed by atoms with van der Waals surface area (Å²) >= 11 is 27.3. The molecular formula is C33H35Cl4N5O3S. The number of fused-ring (bicyclic) bond motifs is 2. The van der Waals surface area contributed by atoms with Crippen LogP contribution in [0.4, 0.5) is 5.13 Å². The van der Waals surface area contributed by atoms with Crippen LogP contribution >= 0.6 is 57.7 Å². The molecule has 4 heterocycles. The predicted molar refractivity (Wildman–Crippen MR) is 186 cm³/mol. The first-order chi connectivity index (χ1) is 22.2. The van der Waals surface area contributed by atoms with E-state index in [-0.39, 0.29) is 24.0 Å². The number of anilines is 1. The highest BCUT2D eigenvalue weighted by Gasteiger charge is 2.42. The van der Waals surface area contributed by atoms with Gasteiger partial charge in [0, 0.05) is 62.5 Å². The van der Waals surface area contributed by atoms with E-state index in [1.54, 1.807) is 36.5 Å². The zero-order valence-corrected chi connectivity index (χ0v) is 29.1. The number of thiazole rings is 1. The monoisotopic (exact) mass is 721 g/mol. The average molecular weight is 724 g/mol. The van der Waals surface area contributed by atoms with Gasteiger partial charge in [-0.2, -0.15) is 0 Å². The summed E-state index contributed by atoms with van der Waals surface area (Å²) in [5, 5.41) is 19.8. The standard InChI is InChI=1S/C33H35Cl4N5O3S/c1-17(43)20-7-25(35)31(26(36)8-20)45-16-18-13-41(14-18)33-39-12-28(46-33)23-9-21-10-38-11-27(40-21)29(23)32(44)42(22-5-6-22)15-19-3-2-4-24(34)30(19)37/h2-4,7-8,12,17-18,21-22,27,38,40,43H,5-6,9-11,13-16H2,1H3/t17-,21-,27-/m0/s1. The molecule has 2 aromatic carbocycles. The maximum atomic E-state index is 14.5. The summed E-state index contributed by atoms with van der Waals surface area (Å²) in [5.74, 6) is 0.792. The van der Waals surface area contributed by atoms with Gasteiger partial charge in [0.25, 0.3) is 5.91 Å². The molecule has 2 saturated heterocycles. The Kier molecular flexibility index (Phi) is 9.48. The first kappa shape index (κ1) is 32.5. The number of carbonyl (C=O) groups is 1. The Morgan fingerprint density at radius 3 is 2.63 bits per heavy atom. The van der Waals surface area contributed by atoms with Gasteiger partial charge in [-0.05, 0) is 61.1 Å². The third-order valence-corrected chi connectivity index (χ3v) is 11.7. The largest absolute Gasteiger partial charge is 0.490 e. The fraction of sp³-hybridized carbons (Fsp3) is 0.455.